The zero-order valence-electron chi connectivity index (χ0n) is 11.3. The summed E-state index contributed by atoms with van der Waals surface area (Å²) >= 11 is 0. The SMILES string of the molecule is N#Cc1ccc(S(=O)(=O)N2CCC3CCCCC32)cc1. The molecule has 2 atom stereocenters. The van der Waals surface area contributed by atoms with Crippen LogP contribution in [-0.4, -0.2) is 25.3 Å². The molecule has 0 spiro atoms. The lowest BCUT2D eigenvalue weighted by Crippen LogP contribution is -2.39. The number of nitrogens with zero attached hydrogens (tertiary/aromatic N) is 2. The van der Waals surface area contributed by atoms with Crippen LogP contribution in [0.4, 0.5) is 0 Å². The van der Waals surface area contributed by atoms with E-state index < -0.39 is 10.0 Å². The number of rotatable bonds is 2. The third kappa shape index (κ3) is 2.23. The summed E-state index contributed by atoms with van der Waals surface area (Å²) in [6, 6.07) is 8.43. The van der Waals surface area contributed by atoms with E-state index in [1.54, 1.807) is 28.6 Å². The first-order chi connectivity index (χ1) is 9.63. The van der Waals surface area contributed by atoms with Crippen LogP contribution in [0.3, 0.4) is 0 Å². The van der Waals surface area contributed by atoms with E-state index in [9.17, 15) is 8.42 Å². The molecule has 1 aliphatic carbocycles. The molecule has 20 heavy (non-hydrogen) atoms. The lowest BCUT2D eigenvalue weighted by Gasteiger charge is -2.31. The molecule has 0 amide bonds. The zero-order chi connectivity index (χ0) is 14.2. The number of fused-ring (bicyclic) bond motifs is 1. The van der Waals surface area contributed by atoms with E-state index in [1.165, 1.54) is 6.42 Å². The van der Waals surface area contributed by atoms with Crippen molar-refractivity contribution in [3.63, 3.8) is 0 Å². The predicted molar refractivity (Wildman–Crippen MR) is 75.4 cm³/mol. The number of nitriles is 1. The molecular formula is C15H18N2O2S. The first kappa shape index (κ1) is 13.6. The van der Waals surface area contributed by atoms with Crippen molar-refractivity contribution in [2.24, 2.45) is 5.92 Å². The second-order valence-electron chi connectivity index (χ2n) is 5.65. The second kappa shape index (κ2) is 5.19. The molecule has 4 nitrogen and oxygen atoms in total. The Balaban J connectivity index is 1.89. The highest BCUT2D eigenvalue weighted by Crippen LogP contribution is 2.39. The molecule has 1 saturated heterocycles. The smallest absolute Gasteiger partial charge is 0.207 e. The van der Waals surface area contributed by atoms with Crippen LogP contribution in [-0.2, 0) is 10.0 Å². The first-order valence-electron chi connectivity index (χ1n) is 7.15. The minimum atomic E-state index is -3.41. The summed E-state index contributed by atoms with van der Waals surface area (Å²) in [6.45, 7) is 0.637. The van der Waals surface area contributed by atoms with Gasteiger partial charge in [0.2, 0.25) is 10.0 Å². The van der Waals surface area contributed by atoms with Crippen LogP contribution in [0.1, 0.15) is 37.7 Å². The molecule has 1 aromatic rings. The average molecular weight is 290 g/mol. The molecule has 1 saturated carbocycles. The van der Waals surface area contributed by atoms with Crippen LogP contribution in [0, 0.1) is 17.2 Å². The summed E-state index contributed by atoms with van der Waals surface area (Å²) in [6.07, 6.45) is 5.48. The van der Waals surface area contributed by atoms with Gasteiger partial charge >= 0.3 is 0 Å². The molecule has 0 radical (unpaired) electrons. The van der Waals surface area contributed by atoms with Gasteiger partial charge in [-0.25, -0.2) is 8.42 Å². The van der Waals surface area contributed by atoms with Crippen molar-refractivity contribution in [2.75, 3.05) is 6.54 Å². The Labute approximate surface area is 120 Å². The topological polar surface area (TPSA) is 61.2 Å². The summed E-state index contributed by atoms with van der Waals surface area (Å²) in [5.74, 6) is 0.539. The van der Waals surface area contributed by atoms with Gasteiger partial charge in [-0.05, 0) is 49.4 Å². The van der Waals surface area contributed by atoms with Gasteiger partial charge in [-0.3, -0.25) is 0 Å². The van der Waals surface area contributed by atoms with Crippen LogP contribution in [0.2, 0.25) is 0 Å². The Hall–Kier alpha value is -1.38. The Bertz CT molecular complexity index is 631. The van der Waals surface area contributed by atoms with E-state index in [2.05, 4.69) is 0 Å². The van der Waals surface area contributed by atoms with E-state index in [-0.39, 0.29) is 6.04 Å². The highest BCUT2D eigenvalue weighted by molar-refractivity contribution is 7.89. The number of benzene rings is 1. The summed E-state index contributed by atoms with van der Waals surface area (Å²) in [5.41, 5.74) is 0.487. The van der Waals surface area contributed by atoms with E-state index in [4.69, 9.17) is 5.26 Å². The largest absolute Gasteiger partial charge is 0.243 e. The van der Waals surface area contributed by atoms with Crippen molar-refractivity contribution in [3.8, 4) is 6.07 Å². The standard InChI is InChI=1S/C15H18N2O2S/c16-11-12-5-7-14(8-6-12)20(18,19)17-10-9-13-3-1-2-4-15(13)17/h5-8,13,15H,1-4,9-10H2. The number of hydrogen-bond acceptors (Lipinski definition) is 3. The molecule has 1 aromatic carbocycles. The van der Waals surface area contributed by atoms with Gasteiger partial charge in [0.15, 0.2) is 0 Å². The van der Waals surface area contributed by atoms with Crippen molar-refractivity contribution in [2.45, 2.75) is 43.0 Å². The van der Waals surface area contributed by atoms with E-state index >= 15 is 0 Å². The lowest BCUT2D eigenvalue weighted by molar-refractivity contribution is 0.260. The Kier molecular flexibility index (Phi) is 3.53. The van der Waals surface area contributed by atoms with Crippen LogP contribution in [0.25, 0.3) is 0 Å². The molecule has 3 rings (SSSR count). The van der Waals surface area contributed by atoms with E-state index in [0.29, 0.717) is 22.9 Å². The zero-order valence-corrected chi connectivity index (χ0v) is 12.1. The molecule has 0 aromatic heterocycles. The summed E-state index contributed by atoms with van der Waals surface area (Å²) in [4.78, 5) is 0.308. The maximum atomic E-state index is 12.7. The third-order valence-electron chi connectivity index (χ3n) is 4.55. The van der Waals surface area contributed by atoms with Gasteiger partial charge in [0, 0.05) is 12.6 Å². The molecule has 1 aliphatic heterocycles. The molecule has 2 aliphatic rings. The van der Waals surface area contributed by atoms with Crippen LogP contribution >= 0.6 is 0 Å². The fourth-order valence-electron chi connectivity index (χ4n) is 3.50. The maximum Gasteiger partial charge on any atom is 0.243 e. The van der Waals surface area contributed by atoms with Crippen LogP contribution < -0.4 is 0 Å². The number of hydrogen-bond donors (Lipinski definition) is 0. The van der Waals surface area contributed by atoms with Crippen molar-refractivity contribution in [3.05, 3.63) is 29.8 Å². The molecule has 0 bridgehead atoms. The minimum absolute atomic E-state index is 0.185. The quantitative estimate of drug-likeness (QED) is 0.840. The summed E-state index contributed by atoms with van der Waals surface area (Å²) < 4.78 is 27.2. The third-order valence-corrected chi connectivity index (χ3v) is 6.49. The fraction of sp³-hybridized carbons (Fsp3) is 0.533. The molecular weight excluding hydrogens is 272 g/mol. The van der Waals surface area contributed by atoms with Gasteiger partial charge in [-0.2, -0.15) is 9.57 Å². The van der Waals surface area contributed by atoms with E-state index in [1.807, 2.05) is 6.07 Å². The van der Waals surface area contributed by atoms with Crippen molar-refractivity contribution < 1.29 is 8.42 Å². The van der Waals surface area contributed by atoms with Crippen LogP contribution in [0.5, 0.6) is 0 Å². The summed E-state index contributed by atoms with van der Waals surface area (Å²) in [7, 11) is -3.41. The highest BCUT2D eigenvalue weighted by Gasteiger charge is 2.42. The minimum Gasteiger partial charge on any atom is -0.207 e. The Morgan fingerprint density at radius 2 is 1.80 bits per heavy atom. The maximum absolute atomic E-state index is 12.7. The Morgan fingerprint density at radius 1 is 1.10 bits per heavy atom. The van der Waals surface area contributed by atoms with Gasteiger partial charge in [-0.15, -0.1) is 0 Å². The first-order valence-corrected chi connectivity index (χ1v) is 8.59. The Morgan fingerprint density at radius 3 is 2.50 bits per heavy atom. The van der Waals surface area contributed by atoms with Gasteiger partial charge in [-0.1, -0.05) is 12.8 Å². The van der Waals surface area contributed by atoms with Crippen molar-refractivity contribution in [1.82, 2.24) is 4.31 Å². The number of sulfonamides is 1. The second-order valence-corrected chi connectivity index (χ2v) is 7.54. The highest BCUT2D eigenvalue weighted by atomic mass is 32.2. The lowest BCUT2D eigenvalue weighted by atomic mass is 9.86. The van der Waals surface area contributed by atoms with Gasteiger partial charge in [0.05, 0.1) is 16.5 Å². The van der Waals surface area contributed by atoms with E-state index in [0.717, 1.165) is 25.7 Å². The molecule has 5 heteroatoms. The monoisotopic (exact) mass is 290 g/mol. The normalized spacial score (nSPS) is 26.9. The molecule has 1 heterocycles. The molecule has 0 N–H and O–H groups in total. The average Bonchev–Trinajstić information content (AvgIpc) is 2.92. The van der Waals surface area contributed by atoms with Gasteiger partial charge in [0.1, 0.15) is 0 Å². The summed E-state index contributed by atoms with van der Waals surface area (Å²) in [5, 5.41) is 8.79. The van der Waals surface area contributed by atoms with Crippen LogP contribution in [0.15, 0.2) is 29.2 Å². The molecule has 2 unspecified atom stereocenters. The fourth-order valence-corrected chi connectivity index (χ4v) is 5.23. The van der Waals surface area contributed by atoms with Crippen molar-refractivity contribution >= 4 is 10.0 Å². The molecule has 106 valence electrons. The predicted octanol–water partition coefficient (Wildman–Crippen LogP) is 2.51. The molecule has 2 fully saturated rings. The van der Waals surface area contributed by atoms with Gasteiger partial charge in [0.25, 0.3) is 0 Å². The van der Waals surface area contributed by atoms with Crippen molar-refractivity contribution in [1.29, 1.82) is 5.26 Å². The van der Waals surface area contributed by atoms with Gasteiger partial charge < -0.3 is 0 Å².